The number of aromatic nitrogens is 2. The van der Waals surface area contributed by atoms with Crippen LogP contribution in [0.15, 0.2) is 11.0 Å². The summed E-state index contributed by atoms with van der Waals surface area (Å²) in [5.74, 6) is 0.0867. The fraction of sp³-hybridized carbons (Fsp3) is 0.556. The lowest BCUT2D eigenvalue weighted by Crippen LogP contribution is -2.36. The minimum Gasteiger partial charge on any atom is -0.394 e. The van der Waals surface area contributed by atoms with E-state index in [4.69, 9.17) is 15.6 Å². The van der Waals surface area contributed by atoms with Crippen LogP contribution in [-0.4, -0.2) is 49.8 Å². The van der Waals surface area contributed by atoms with Crippen molar-refractivity contribution < 1.29 is 20.1 Å². The predicted octanol–water partition coefficient (Wildman–Crippen LogP) is -1.96. The highest BCUT2D eigenvalue weighted by molar-refractivity contribution is 14.1. The molecular formula is C9H12IN3O5. The second-order valence-electron chi connectivity index (χ2n) is 3.89. The molecule has 1 fully saturated rings. The number of nitrogens with zero attached hydrogens (tertiary/aromatic N) is 2. The van der Waals surface area contributed by atoms with Gasteiger partial charge in [0.25, 0.3) is 0 Å². The van der Waals surface area contributed by atoms with Gasteiger partial charge in [0.1, 0.15) is 24.1 Å². The summed E-state index contributed by atoms with van der Waals surface area (Å²) in [5, 5.41) is 28.4. The molecular weight excluding hydrogens is 353 g/mol. The monoisotopic (exact) mass is 365 g/mol. The van der Waals surface area contributed by atoms with Gasteiger partial charge in [0, 0.05) is 6.20 Å². The van der Waals surface area contributed by atoms with E-state index in [1.807, 2.05) is 22.6 Å². The summed E-state index contributed by atoms with van der Waals surface area (Å²) in [6.07, 6.45) is -3.23. The fourth-order valence-corrected chi connectivity index (χ4v) is 2.17. The summed E-state index contributed by atoms with van der Waals surface area (Å²) in [7, 11) is 0. The van der Waals surface area contributed by atoms with Crippen molar-refractivity contribution in [2.75, 3.05) is 12.3 Å². The van der Waals surface area contributed by atoms with E-state index < -0.39 is 36.8 Å². The summed E-state index contributed by atoms with van der Waals surface area (Å²) >= 11 is 1.88. The largest absolute Gasteiger partial charge is 0.394 e. The van der Waals surface area contributed by atoms with Crippen molar-refractivity contribution in [2.24, 2.45) is 0 Å². The van der Waals surface area contributed by atoms with Gasteiger partial charge in [-0.1, -0.05) is 0 Å². The molecule has 1 aliphatic rings. The van der Waals surface area contributed by atoms with Crippen LogP contribution >= 0.6 is 22.6 Å². The number of rotatable bonds is 2. The number of aliphatic hydroxyl groups is 3. The van der Waals surface area contributed by atoms with Gasteiger partial charge in [-0.3, -0.25) is 4.57 Å². The molecule has 0 unspecified atom stereocenters. The highest BCUT2D eigenvalue weighted by Crippen LogP contribution is 2.28. The summed E-state index contributed by atoms with van der Waals surface area (Å²) in [6.45, 7) is -0.455. The van der Waals surface area contributed by atoms with Gasteiger partial charge in [0.05, 0.1) is 10.2 Å². The molecule has 1 aromatic heterocycles. The van der Waals surface area contributed by atoms with Gasteiger partial charge in [-0.2, -0.15) is 4.98 Å². The van der Waals surface area contributed by atoms with E-state index in [1.54, 1.807) is 0 Å². The van der Waals surface area contributed by atoms with Crippen LogP contribution in [0.5, 0.6) is 0 Å². The molecule has 0 saturated carbocycles. The van der Waals surface area contributed by atoms with E-state index in [-0.39, 0.29) is 5.82 Å². The molecule has 0 spiro atoms. The van der Waals surface area contributed by atoms with Crippen LogP contribution in [0.25, 0.3) is 0 Å². The molecule has 1 saturated heterocycles. The van der Waals surface area contributed by atoms with Crippen LogP contribution in [0.2, 0.25) is 0 Å². The number of aliphatic hydroxyl groups excluding tert-OH is 3. The molecule has 1 aromatic rings. The summed E-state index contributed by atoms with van der Waals surface area (Å²) in [6, 6.07) is 0. The van der Waals surface area contributed by atoms with Crippen molar-refractivity contribution in [3.05, 3.63) is 20.3 Å². The molecule has 2 heterocycles. The van der Waals surface area contributed by atoms with Crippen LogP contribution in [0, 0.1) is 3.57 Å². The molecule has 0 amide bonds. The lowest BCUT2D eigenvalue weighted by atomic mass is 10.1. The SMILES string of the molecule is Nc1nc(=O)n([C@@H]2O[C@H](CO)[C@@H](O)[C@H]2O)cc1[123I]. The number of ether oxygens (including phenoxy) is 1. The second-order valence-corrected chi connectivity index (χ2v) is 5.05. The highest BCUT2D eigenvalue weighted by atomic mass is 123. The Labute approximate surface area is 115 Å². The van der Waals surface area contributed by atoms with Crippen LogP contribution in [0.4, 0.5) is 5.82 Å². The number of nitrogen functional groups attached to an aromatic ring is 1. The first-order valence-corrected chi connectivity index (χ1v) is 6.20. The lowest BCUT2D eigenvalue weighted by Gasteiger charge is -2.17. The minimum atomic E-state index is -1.32. The van der Waals surface area contributed by atoms with Gasteiger partial charge in [-0.15, -0.1) is 0 Å². The Balaban J connectivity index is 2.39. The third kappa shape index (κ3) is 2.23. The van der Waals surface area contributed by atoms with Crippen molar-refractivity contribution in [2.45, 2.75) is 24.5 Å². The quantitative estimate of drug-likeness (QED) is 0.448. The van der Waals surface area contributed by atoms with Gasteiger partial charge in [-0.25, -0.2) is 4.79 Å². The van der Waals surface area contributed by atoms with E-state index in [0.29, 0.717) is 3.57 Å². The van der Waals surface area contributed by atoms with Crippen LogP contribution < -0.4 is 11.4 Å². The fourth-order valence-electron chi connectivity index (χ4n) is 1.75. The Morgan fingerprint density at radius 3 is 2.72 bits per heavy atom. The van der Waals surface area contributed by atoms with Gasteiger partial charge in [-0.05, 0) is 22.6 Å². The van der Waals surface area contributed by atoms with Crippen molar-refractivity contribution in [1.82, 2.24) is 9.55 Å². The number of hydrogen-bond acceptors (Lipinski definition) is 7. The summed E-state index contributed by atoms with van der Waals surface area (Å²) < 4.78 is 6.79. The predicted molar refractivity (Wildman–Crippen MR) is 68.6 cm³/mol. The van der Waals surface area contributed by atoms with Crippen molar-refractivity contribution in [3.63, 3.8) is 0 Å². The normalized spacial score (nSPS) is 31.8. The first-order valence-electron chi connectivity index (χ1n) is 5.12. The first kappa shape index (κ1) is 13.7. The molecule has 1 aliphatic heterocycles. The van der Waals surface area contributed by atoms with Crippen molar-refractivity contribution in [1.29, 1.82) is 0 Å². The molecule has 0 radical (unpaired) electrons. The molecule has 0 aromatic carbocycles. The third-order valence-electron chi connectivity index (χ3n) is 2.73. The average Bonchev–Trinajstić information content (AvgIpc) is 2.61. The molecule has 5 N–H and O–H groups in total. The molecule has 100 valence electrons. The standard InChI is InChI=1S/C9H12IN3O5/c10-3-1-13(9(17)12-7(3)11)8-6(16)5(15)4(2-14)18-8/h1,4-6,8,14-16H,2H2,(H2,11,12,17)/t4-,5-,6-,8-/m1/s1/i10-4. The van der Waals surface area contributed by atoms with E-state index in [1.165, 1.54) is 6.20 Å². The topological polar surface area (TPSA) is 131 Å². The highest BCUT2D eigenvalue weighted by Gasteiger charge is 2.43. The van der Waals surface area contributed by atoms with E-state index in [0.717, 1.165) is 4.57 Å². The third-order valence-corrected chi connectivity index (χ3v) is 3.56. The van der Waals surface area contributed by atoms with Gasteiger partial charge >= 0.3 is 5.69 Å². The Morgan fingerprint density at radius 2 is 2.17 bits per heavy atom. The summed E-state index contributed by atoms with van der Waals surface area (Å²) in [4.78, 5) is 15.2. The molecule has 18 heavy (non-hydrogen) atoms. The number of hydrogen-bond donors (Lipinski definition) is 4. The maximum Gasteiger partial charge on any atom is 0.351 e. The second kappa shape index (κ2) is 5.09. The molecule has 0 aliphatic carbocycles. The first-order chi connectivity index (χ1) is 8.45. The Bertz CT molecular complexity index is 507. The maximum atomic E-state index is 11.7. The smallest absolute Gasteiger partial charge is 0.351 e. The van der Waals surface area contributed by atoms with Crippen LogP contribution in [-0.2, 0) is 4.74 Å². The van der Waals surface area contributed by atoms with E-state index in [2.05, 4.69) is 4.98 Å². The Kier molecular flexibility index (Phi) is 3.87. The van der Waals surface area contributed by atoms with Gasteiger partial charge < -0.3 is 25.8 Å². The van der Waals surface area contributed by atoms with Gasteiger partial charge in [0.15, 0.2) is 6.23 Å². The number of anilines is 1. The summed E-state index contributed by atoms with van der Waals surface area (Å²) in [5.41, 5.74) is 4.79. The van der Waals surface area contributed by atoms with Crippen molar-refractivity contribution in [3.8, 4) is 0 Å². The Hall–Kier alpha value is -0.750. The average molecular weight is 365 g/mol. The number of halogens is 1. The van der Waals surface area contributed by atoms with Crippen LogP contribution in [0.3, 0.4) is 0 Å². The zero-order chi connectivity index (χ0) is 13.4. The number of nitrogens with two attached hydrogens (primary N) is 1. The lowest BCUT2D eigenvalue weighted by molar-refractivity contribution is -0.0550. The molecule has 2 rings (SSSR count). The zero-order valence-corrected chi connectivity index (χ0v) is 11.3. The molecule has 0 bridgehead atoms. The van der Waals surface area contributed by atoms with Crippen molar-refractivity contribution >= 4 is 28.4 Å². The Morgan fingerprint density at radius 1 is 1.50 bits per heavy atom. The zero-order valence-electron chi connectivity index (χ0n) is 9.10. The van der Waals surface area contributed by atoms with E-state index >= 15 is 0 Å². The van der Waals surface area contributed by atoms with Gasteiger partial charge in [0.2, 0.25) is 0 Å². The minimum absolute atomic E-state index is 0.0867. The maximum absolute atomic E-state index is 11.7. The molecule has 9 heteroatoms. The molecule has 4 atom stereocenters. The van der Waals surface area contributed by atoms with Crippen LogP contribution in [0.1, 0.15) is 6.23 Å². The van der Waals surface area contributed by atoms with E-state index in [9.17, 15) is 15.0 Å². The molecule has 8 nitrogen and oxygen atoms in total.